The van der Waals surface area contributed by atoms with E-state index in [0.717, 1.165) is 9.35 Å². The number of urea groups is 1. The van der Waals surface area contributed by atoms with Gasteiger partial charge in [0.25, 0.3) is 0 Å². The number of thiophene rings is 1. The standard InChI is InChI=1S/C12H17BrN2O3S/c1-7(11(16)17)8(2)14-12(18)15(3)5-9-4-10(13)19-6-9/h4,6-8H,5H2,1-3H3,(H,14,18)(H,16,17). The minimum absolute atomic E-state index is 0.275. The fourth-order valence-electron chi connectivity index (χ4n) is 1.42. The Balaban J connectivity index is 2.51. The minimum atomic E-state index is -0.919. The average Bonchev–Trinajstić information content (AvgIpc) is 2.73. The molecule has 0 saturated heterocycles. The van der Waals surface area contributed by atoms with E-state index in [1.54, 1.807) is 32.2 Å². The van der Waals surface area contributed by atoms with Crippen LogP contribution in [-0.2, 0) is 11.3 Å². The molecule has 2 amide bonds. The summed E-state index contributed by atoms with van der Waals surface area (Å²) in [5.41, 5.74) is 1.04. The predicted molar refractivity (Wildman–Crippen MR) is 78.3 cm³/mol. The monoisotopic (exact) mass is 348 g/mol. The van der Waals surface area contributed by atoms with Crippen LogP contribution in [0.15, 0.2) is 15.2 Å². The lowest BCUT2D eigenvalue weighted by molar-refractivity contribution is -0.141. The molecule has 106 valence electrons. The van der Waals surface area contributed by atoms with Crippen molar-refractivity contribution in [2.45, 2.75) is 26.4 Å². The molecule has 2 N–H and O–H groups in total. The molecule has 0 aliphatic heterocycles. The van der Waals surface area contributed by atoms with Crippen molar-refractivity contribution in [2.24, 2.45) is 5.92 Å². The smallest absolute Gasteiger partial charge is 0.317 e. The zero-order valence-electron chi connectivity index (χ0n) is 11.0. The number of nitrogens with zero attached hydrogens (tertiary/aromatic N) is 1. The zero-order valence-corrected chi connectivity index (χ0v) is 13.4. The minimum Gasteiger partial charge on any atom is -0.481 e. The van der Waals surface area contributed by atoms with E-state index in [1.807, 2.05) is 11.4 Å². The molecule has 19 heavy (non-hydrogen) atoms. The first-order chi connectivity index (χ1) is 8.81. The number of hydrogen-bond donors (Lipinski definition) is 2. The highest BCUT2D eigenvalue weighted by atomic mass is 79.9. The molecule has 0 aliphatic carbocycles. The molecule has 0 saturated carbocycles. The molecular formula is C12H17BrN2O3S. The highest BCUT2D eigenvalue weighted by Gasteiger charge is 2.22. The summed E-state index contributed by atoms with van der Waals surface area (Å²) in [7, 11) is 1.68. The van der Waals surface area contributed by atoms with Crippen LogP contribution in [0.4, 0.5) is 4.79 Å². The molecule has 0 spiro atoms. The van der Waals surface area contributed by atoms with Crippen molar-refractivity contribution in [3.05, 3.63) is 20.8 Å². The van der Waals surface area contributed by atoms with Crippen molar-refractivity contribution >= 4 is 39.3 Å². The number of nitrogens with one attached hydrogen (secondary N) is 1. The summed E-state index contributed by atoms with van der Waals surface area (Å²) in [5.74, 6) is -1.54. The van der Waals surface area contributed by atoms with Gasteiger partial charge in [-0.05, 0) is 46.8 Å². The molecule has 1 heterocycles. The molecule has 0 aromatic carbocycles. The quantitative estimate of drug-likeness (QED) is 0.859. The largest absolute Gasteiger partial charge is 0.481 e. The van der Waals surface area contributed by atoms with E-state index in [1.165, 1.54) is 4.90 Å². The van der Waals surface area contributed by atoms with Crippen molar-refractivity contribution in [1.29, 1.82) is 0 Å². The van der Waals surface area contributed by atoms with Crippen LogP contribution in [0.5, 0.6) is 0 Å². The Kier molecular flexibility index (Phi) is 5.81. The first kappa shape index (κ1) is 16.0. The third-order valence-electron chi connectivity index (χ3n) is 2.88. The molecule has 5 nitrogen and oxygen atoms in total. The highest BCUT2D eigenvalue weighted by Crippen LogP contribution is 2.21. The molecule has 0 aliphatic rings. The fourth-order valence-corrected chi connectivity index (χ4v) is 2.62. The number of carbonyl (C=O) groups is 2. The van der Waals surface area contributed by atoms with Gasteiger partial charge in [-0.2, -0.15) is 0 Å². The lowest BCUT2D eigenvalue weighted by atomic mass is 10.0. The topological polar surface area (TPSA) is 69.6 Å². The lowest BCUT2D eigenvalue weighted by Crippen LogP contribution is -2.45. The molecule has 0 radical (unpaired) electrons. The van der Waals surface area contributed by atoms with E-state index in [2.05, 4.69) is 21.2 Å². The van der Waals surface area contributed by atoms with E-state index in [0.29, 0.717) is 6.54 Å². The van der Waals surface area contributed by atoms with Gasteiger partial charge in [0.1, 0.15) is 0 Å². The summed E-state index contributed by atoms with van der Waals surface area (Å²) in [5, 5.41) is 13.5. The van der Waals surface area contributed by atoms with Crippen LogP contribution in [0.1, 0.15) is 19.4 Å². The van der Waals surface area contributed by atoms with E-state index < -0.39 is 17.9 Å². The summed E-state index contributed by atoms with van der Waals surface area (Å²) in [6.07, 6.45) is 0. The Morgan fingerprint density at radius 2 is 2.16 bits per heavy atom. The van der Waals surface area contributed by atoms with E-state index >= 15 is 0 Å². The second-order valence-electron chi connectivity index (χ2n) is 4.48. The van der Waals surface area contributed by atoms with Gasteiger partial charge in [0, 0.05) is 19.6 Å². The zero-order chi connectivity index (χ0) is 14.6. The van der Waals surface area contributed by atoms with Crippen molar-refractivity contribution in [2.75, 3.05) is 7.05 Å². The number of hydrogen-bond acceptors (Lipinski definition) is 3. The molecule has 2 unspecified atom stereocenters. The van der Waals surface area contributed by atoms with Gasteiger partial charge >= 0.3 is 12.0 Å². The van der Waals surface area contributed by atoms with Crippen molar-refractivity contribution < 1.29 is 14.7 Å². The van der Waals surface area contributed by atoms with Crippen LogP contribution in [0.2, 0.25) is 0 Å². The molecule has 7 heteroatoms. The normalized spacial score (nSPS) is 13.7. The Morgan fingerprint density at radius 1 is 1.53 bits per heavy atom. The average molecular weight is 349 g/mol. The number of aliphatic carboxylic acids is 1. The molecule has 1 aromatic rings. The number of amides is 2. The van der Waals surface area contributed by atoms with Crippen LogP contribution in [-0.4, -0.2) is 35.1 Å². The Labute approximate surface area is 124 Å². The van der Waals surface area contributed by atoms with Crippen LogP contribution in [0, 0.1) is 5.92 Å². The van der Waals surface area contributed by atoms with Crippen molar-refractivity contribution in [3.8, 4) is 0 Å². The molecule has 2 atom stereocenters. The van der Waals surface area contributed by atoms with Crippen molar-refractivity contribution in [3.63, 3.8) is 0 Å². The number of carboxylic acids is 1. The fraction of sp³-hybridized carbons (Fsp3) is 0.500. The van der Waals surface area contributed by atoms with Crippen LogP contribution in [0.3, 0.4) is 0 Å². The first-order valence-electron chi connectivity index (χ1n) is 5.78. The summed E-state index contributed by atoms with van der Waals surface area (Å²) in [6, 6.07) is 1.27. The second-order valence-corrected chi connectivity index (χ2v) is 6.77. The maximum absolute atomic E-state index is 11.9. The van der Waals surface area contributed by atoms with Gasteiger partial charge in [-0.3, -0.25) is 4.79 Å². The van der Waals surface area contributed by atoms with E-state index in [9.17, 15) is 9.59 Å². The van der Waals surface area contributed by atoms with Gasteiger partial charge in [0.2, 0.25) is 0 Å². The maximum Gasteiger partial charge on any atom is 0.317 e. The molecular weight excluding hydrogens is 332 g/mol. The SMILES string of the molecule is CC(NC(=O)N(C)Cc1csc(Br)c1)C(C)C(=O)O. The molecule has 0 fully saturated rings. The number of carbonyl (C=O) groups excluding carboxylic acids is 1. The second kappa shape index (κ2) is 6.91. The Hall–Kier alpha value is -1.08. The molecule has 1 aromatic heterocycles. The molecule has 1 rings (SSSR count). The van der Waals surface area contributed by atoms with Crippen LogP contribution in [0.25, 0.3) is 0 Å². The predicted octanol–water partition coefficient (Wildman–Crippen LogP) is 2.76. The van der Waals surface area contributed by atoms with Gasteiger partial charge in [-0.1, -0.05) is 0 Å². The summed E-state index contributed by atoms with van der Waals surface area (Å²) >= 11 is 4.93. The van der Waals surface area contributed by atoms with E-state index in [4.69, 9.17) is 5.11 Å². The van der Waals surface area contributed by atoms with Crippen LogP contribution >= 0.6 is 27.3 Å². The van der Waals surface area contributed by atoms with Gasteiger partial charge in [0.15, 0.2) is 0 Å². The summed E-state index contributed by atoms with van der Waals surface area (Å²) < 4.78 is 1.02. The Morgan fingerprint density at radius 3 is 2.63 bits per heavy atom. The number of carboxylic acid groups (broad SMARTS) is 1. The van der Waals surface area contributed by atoms with Gasteiger partial charge in [0.05, 0.1) is 9.70 Å². The third kappa shape index (κ3) is 4.83. The number of rotatable bonds is 5. The van der Waals surface area contributed by atoms with Crippen molar-refractivity contribution in [1.82, 2.24) is 10.2 Å². The number of halogens is 1. The summed E-state index contributed by atoms with van der Waals surface area (Å²) in [4.78, 5) is 24.2. The van der Waals surface area contributed by atoms with Crippen LogP contribution < -0.4 is 5.32 Å². The highest BCUT2D eigenvalue weighted by molar-refractivity contribution is 9.11. The lowest BCUT2D eigenvalue weighted by Gasteiger charge is -2.23. The maximum atomic E-state index is 11.9. The third-order valence-corrected chi connectivity index (χ3v) is 4.43. The first-order valence-corrected chi connectivity index (χ1v) is 7.46. The van der Waals surface area contributed by atoms with E-state index in [-0.39, 0.29) is 6.03 Å². The van der Waals surface area contributed by atoms with Gasteiger partial charge in [-0.25, -0.2) is 4.79 Å². The molecule has 0 bridgehead atoms. The van der Waals surface area contributed by atoms with Gasteiger partial charge < -0.3 is 15.3 Å². The summed E-state index contributed by atoms with van der Waals surface area (Å²) in [6.45, 7) is 3.75. The van der Waals surface area contributed by atoms with Gasteiger partial charge in [-0.15, -0.1) is 11.3 Å². The Bertz CT molecular complexity index is 464.